The average molecular weight is 343 g/mol. The maximum absolute atomic E-state index is 12.4. The molecule has 1 aromatic carbocycles. The van der Waals surface area contributed by atoms with Crippen molar-refractivity contribution < 1.29 is 19.5 Å². The Kier molecular flexibility index (Phi) is 5.45. The van der Waals surface area contributed by atoms with E-state index in [0.29, 0.717) is 0 Å². The Bertz CT molecular complexity index is 789. The van der Waals surface area contributed by atoms with Gasteiger partial charge >= 0.3 is 0 Å². The molecule has 0 fully saturated rings. The molecule has 1 aromatic rings. The van der Waals surface area contributed by atoms with E-state index in [4.69, 9.17) is 0 Å². The highest BCUT2D eigenvalue weighted by Gasteiger charge is 2.33. The topological polar surface area (TPSA) is 83.5 Å². The molecule has 25 heavy (non-hydrogen) atoms. The molecule has 5 nitrogen and oxygen atoms in total. The quantitative estimate of drug-likeness (QED) is 0.814. The molecule has 2 N–H and O–H groups in total. The standard InChI is InChI=1S/C20H25NO4/c1-6-15(23)19-16(24)8-14(9-17(19)25)18-10(2)7-11(3)20(12(18)4)21-13(5)22/h7,14,24H,6,8-9H2,1-5H3,(H,21,22). The molecule has 0 saturated carbocycles. The second-order valence-electron chi connectivity index (χ2n) is 6.73. The summed E-state index contributed by atoms with van der Waals surface area (Å²) in [6.07, 6.45) is 0.650. The number of carbonyl (C=O) groups is 3. The van der Waals surface area contributed by atoms with Crippen LogP contribution in [-0.4, -0.2) is 22.6 Å². The van der Waals surface area contributed by atoms with Crippen LogP contribution in [0, 0.1) is 20.8 Å². The molecular formula is C20H25NO4. The normalized spacial score (nSPS) is 17.6. The zero-order valence-electron chi connectivity index (χ0n) is 15.4. The van der Waals surface area contributed by atoms with Gasteiger partial charge in [-0.2, -0.15) is 0 Å². The monoisotopic (exact) mass is 343 g/mol. The fraction of sp³-hybridized carbons (Fsp3) is 0.450. The predicted molar refractivity (Wildman–Crippen MR) is 96.9 cm³/mol. The number of aryl methyl sites for hydroxylation is 2. The van der Waals surface area contributed by atoms with E-state index in [1.165, 1.54) is 6.92 Å². The number of anilines is 1. The molecule has 0 aromatic heterocycles. The lowest BCUT2D eigenvalue weighted by Crippen LogP contribution is -2.24. The number of nitrogens with one attached hydrogen (secondary N) is 1. The first-order valence-electron chi connectivity index (χ1n) is 8.54. The van der Waals surface area contributed by atoms with Crippen molar-refractivity contribution in [1.82, 2.24) is 0 Å². The summed E-state index contributed by atoms with van der Waals surface area (Å²) >= 11 is 0. The Balaban J connectivity index is 2.50. The van der Waals surface area contributed by atoms with Crippen molar-refractivity contribution in [3.63, 3.8) is 0 Å². The number of hydrogen-bond donors (Lipinski definition) is 2. The van der Waals surface area contributed by atoms with E-state index < -0.39 is 0 Å². The fourth-order valence-electron chi connectivity index (χ4n) is 3.79. The van der Waals surface area contributed by atoms with Crippen molar-refractivity contribution in [1.29, 1.82) is 0 Å². The molecule has 2 rings (SSSR count). The minimum absolute atomic E-state index is 0.0387. The largest absolute Gasteiger partial charge is 0.511 e. The van der Waals surface area contributed by atoms with Crippen molar-refractivity contribution in [3.05, 3.63) is 39.7 Å². The summed E-state index contributed by atoms with van der Waals surface area (Å²) in [6, 6.07) is 1.98. The van der Waals surface area contributed by atoms with Crippen molar-refractivity contribution in [3.8, 4) is 0 Å². The van der Waals surface area contributed by atoms with Gasteiger partial charge < -0.3 is 10.4 Å². The zero-order valence-corrected chi connectivity index (χ0v) is 15.4. The summed E-state index contributed by atoms with van der Waals surface area (Å²) in [4.78, 5) is 35.8. The number of Topliss-reactive ketones (excluding diaryl/α,β-unsaturated/α-hetero) is 2. The number of amides is 1. The Morgan fingerprint density at radius 3 is 2.36 bits per heavy atom. The van der Waals surface area contributed by atoms with E-state index in [2.05, 4.69) is 5.32 Å². The first-order chi connectivity index (χ1) is 11.7. The number of aliphatic hydroxyl groups excluding tert-OH is 1. The van der Waals surface area contributed by atoms with Crippen LogP contribution in [0.2, 0.25) is 0 Å². The Labute approximate surface area is 148 Å². The zero-order chi connectivity index (χ0) is 18.9. The van der Waals surface area contributed by atoms with Gasteiger partial charge in [-0.3, -0.25) is 14.4 Å². The third-order valence-corrected chi connectivity index (χ3v) is 4.78. The molecule has 0 radical (unpaired) electrons. The van der Waals surface area contributed by atoms with Crippen molar-refractivity contribution in [2.75, 3.05) is 5.32 Å². The summed E-state index contributed by atoms with van der Waals surface area (Å²) in [7, 11) is 0. The molecule has 134 valence electrons. The van der Waals surface area contributed by atoms with E-state index >= 15 is 0 Å². The van der Waals surface area contributed by atoms with Crippen LogP contribution in [0.25, 0.3) is 0 Å². The SMILES string of the molecule is CCC(=O)C1=C(O)CC(c2c(C)cc(C)c(NC(C)=O)c2C)CC1=O. The molecule has 0 heterocycles. The number of aliphatic hydroxyl groups is 1. The van der Waals surface area contributed by atoms with E-state index in [9.17, 15) is 19.5 Å². The van der Waals surface area contributed by atoms with Gasteiger partial charge in [0.1, 0.15) is 5.76 Å². The number of benzene rings is 1. The molecule has 0 spiro atoms. The summed E-state index contributed by atoms with van der Waals surface area (Å²) < 4.78 is 0. The van der Waals surface area contributed by atoms with Crippen LogP contribution < -0.4 is 5.32 Å². The van der Waals surface area contributed by atoms with Crippen molar-refractivity contribution >= 4 is 23.2 Å². The molecule has 0 bridgehead atoms. The second kappa shape index (κ2) is 7.21. The van der Waals surface area contributed by atoms with Gasteiger partial charge in [0, 0.05) is 31.9 Å². The molecule has 1 aliphatic carbocycles. The second-order valence-corrected chi connectivity index (χ2v) is 6.73. The minimum Gasteiger partial charge on any atom is -0.511 e. The molecule has 1 amide bonds. The number of hydrogen-bond acceptors (Lipinski definition) is 4. The van der Waals surface area contributed by atoms with Crippen LogP contribution >= 0.6 is 0 Å². The van der Waals surface area contributed by atoms with Gasteiger partial charge in [0.05, 0.1) is 5.57 Å². The summed E-state index contributed by atoms with van der Waals surface area (Å²) in [5.41, 5.74) is 4.54. The van der Waals surface area contributed by atoms with E-state index in [-0.39, 0.29) is 54.0 Å². The van der Waals surface area contributed by atoms with Gasteiger partial charge in [-0.1, -0.05) is 13.0 Å². The minimum atomic E-state index is -0.308. The van der Waals surface area contributed by atoms with Gasteiger partial charge in [0.15, 0.2) is 11.6 Å². The third-order valence-electron chi connectivity index (χ3n) is 4.78. The van der Waals surface area contributed by atoms with Crippen LogP contribution in [0.15, 0.2) is 17.4 Å². The highest BCUT2D eigenvalue weighted by Crippen LogP contribution is 2.40. The third kappa shape index (κ3) is 3.65. The summed E-state index contributed by atoms with van der Waals surface area (Å²) in [5.74, 6) is -1.08. The van der Waals surface area contributed by atoms with E-state index in [1.807, 2.05) is 26.8 Å². The average Bonchev–Trinajstić information content (AvgIpc) is 2.50. The maximum Gasteiger partial charge on any atom is 0.221 e. The lowest BCUT2D eigenvalue weighted by atomic mass is 9.77. The maximum atomic E-state index is 12.4. The van der Waals surface area contributed by atoms with Crippen LogP contribution in [0.1, 0.15) is 61.3 Å². The Morgan fingerprint density at radius 1 is 1.20 bits per heavy atom. The van der Waals surface area contributed by atoms with Crippen LogP contribution in [0.4, 0.5) is 5.69 Å². The highest BCUT2D eigenvalue weighted by molar-refractivity contribution is 6.21. The van der Waals surface area contributed by atoms with Gasteiger partial charge in [0.25, 0.3) is 0 Å². The fourth-order valence-corrected chi connectivity index (χ4v) is 3.79. The molecule has 0 aliphatic heterocycles. The molecule has 5 heteroatoms. The lowest BCUT2D eigenvalue weighted by molar-refractivity contribution is -0.122. The van der Waals surface area contributed by atoms with E-state index in [1.54, 1.807) is 6.92 Å². The van der Waals surface area contributed by atoms with E-state index in [0.717, 1.165) is 27.9 Å². The Hall–Kier alpha value is -2.43. The van der Waals surface area contributed by atoms with Gasteiger partial charge in [0.2, 0.25) is 5.91 Å². The first kappa shape index (κ1) is 18.9. The first-order valence-corrected chi connectivity index (χ1v) is 8.54. The summed E-state index contributed by atoms with van der Waals surface area (Å²) in [5, 5.41) is 13.1. The van der Waals surface area contributed by atoms with Gasteiger partial charge in [-0.25, -0.2) is 0 Å². The highest BCUT2D eigenvalue weighted by atomic mass is 16.3. The molecule has 0 saturated heterocycles. The number of rotatable bonds is 4. The van der Waals surface area contributed by atoms with Gasteiger partial charge in [-0.15, -0.1) is 0 Å². The summed E-state index contributed by atoms with van der Waals surface area (Å²) in [6.45, 7) is 8.94. The molecular weight excluding hydrogens is 318 g/mol. The molecule has 1 aliphatic rings. The lowest BCUT2D eigenvalue weighted by Gasteiger charge is -2.27. The Morgan fingerprint density at radius 2 is 1.84 bits per heavy atom. The van der Waals surface area contributed by atoms with Crippen LogP contribution in [0.3, 0.4) is 0 Å². The number of ketones is 2. The predicted octanol–water partition coefficient (Wildman–Crippen LogP) is 3.81. The molecule has 1 atom stereocenters. The number of carbonyl (C=O) groups excluding carboxylic acids is 3. The van der Waals surface area contributed by atoms with Crippen molar-refractivity contribution in [2.24, 2.45) is 0 Å². The van der Waals surface area contributed by atoms with Gasteiger partial charge in [-0.05, 0) is 48.9 Å². The van der Waals surface area contributed by atoms with Crippen LogP contribution in [0.5, 0.6) is 0 Å². The smallest absolute Gasteiger partial charge is 0.221 e. The van der Waals surface area contributed by atoms with Crippen molar-refractivity contribution in [2.45, 2.75) is 59.8 Å². The number of allylic oxidation sites excluding steroid dienone is 2. The van der Waals surface area contributed by atoms with Crippen LogP contribution in [-0.2, 0) is 14.4 Å². The molecule has 1 unspecified atom stereocenters.